The average molecular weight is 341 g/mol. The monoisotopic (exact) mass is 340 g/mol. The molecule has 3 N–H and O–H groups in total. The second-order valence-corrected chi connectivity index (χ2v) is 5.81. The Balaban J connectivity index is 1.88. The van der Waals surface area contributed by atoms with Gasteiger partial charge in [0.1, 0.15) is 0 Å². The first kappa shape index (κ1) is 14.5. The first-order valence-electron chi connectivity index (χ1n) is 7.23. The maximum atomic E-state index is 12.1. The van der Waals surface area contributed by atoms with Crippen LogP contribution in [0.15, 0.2) is 42.5 Å². The number of amides is 1. The third-order valence-electron chi connectivity index (χ3n) is 3.67. The van der Waals surface area contributed by atoms with Crippen molar-refractivity contribution in [2.75, 3.05) is 10.6 Å². The van der Waals surface area contributed by atoms with Crippen LogP contribution in [0.25, 0.3) is 16.8 Å². The molecule has 0 aliphatic heterocycles. The number of imidazole rings is 1. The van der Waals surface area contributed by atoms with E-state index in [9.17, 15) is 4.79 Å². The van der Waals surface area contributed by atoms with Gasteiger partial charge in [0.2, 0.25) is 11.9 Å². The summed E-state index contributed by atoms with van der Waals surface area (Å²) in [5.41, 5.74) is 8.57. The Kier molecular flexibility index (Phi) is 3.17. The molecule has 4 rings (SSSR count). The zero-order valence-corrected chi connectivity index (χ0v) is 13.4. The number of hydrogen-bond donors (Lipinski definition) is 2. The highest BCUT2D eigenvalue weighted by molar-refractivity contribution is 6.31. The maximum Gasteiger partial charge on any atom is 0.253 e. The number of anilines is 3. The number of benzene rings is 2. The number of halogens is 1. The summed E-state index contributed by atoms with van der Waals surface area (Å²) in [5, 5.41) is 3.71. The number of nitrogens with two attached hydrogens (primary N) is 1. The van der Waals surface area contributed by atoms with Gasteiger partial charge in [-0.1, -0.05) is 17.7 Å². The van der Waals surface area contributed by atoms with Crippen LogP contribution < -0.4 is 10.6 Å². The highest BCUT2D eigenvalue weighted by Crippen LogP contribution is 2.26. The fourth-order valence-corrected chi connectivity index (χ4v) is 2.83. The fourth-order valence-electron chi connectivity index (χ4n) is 2.66. The minimum absolute atomic E-state index is 0.190. The van der Waals surface area contributed by atoms with Crippen molar-refractivity contribution < 1.29 is 4.79 Å². The molecule has 1 amide bonds. The SMILES string of the molecule is CC(=O)N(c1cccc(N)c1)c1nc2nc3cc(Cl)ccc3n2[nH]1. The lowest BCUT2D eigenvalue weighted by Crippen LogP contribution is -2.24. The molecular formula is C16H13ClN6O. The van der Waals surface area contributed by atoms with Gasteiger partial charge in [0.25, 0.3) is 5.78 Å². The van der Waals surface area contributed by atoms with Gasteiger partial charge in [0, 0.05) is 17.6 Å². The van der Waals surface area contributed by atoms with Crippen LogP contribution >= 0.6 is 11.6 Å². The number of H-pyrrole nitrogens is 1. The number of hydrogen-bond acceptors (Lipinski definition) is 4. The zero-order valence-electron chi connectivity index (χ0n) is 12.7. The molecule has 0 aliphatic carbocycles. The predicted octanol–water partition coefficient (Wildman–Crippen LogP) is 3.13. The Morgan fingerprint density at radius 3 is 2.83 bits per heavy atom. The van der Waals surface area contributed by atoms with E-state index < -0.39 is 0 Å². The molecule has 0 saturated heterocycles. The molecule has 0 spiro atoms. The molecule has 0 saturated carbocycles. The summed E-state index contributed by atoms with van der Waals surface area (Å²) in [5.74, 6) is 0.634. The van der Waals surface area contributed by atoms with Gasteiger partial charge >= 0.3 is 0 Å². The zero-order chi connectivity index (χ0) is 16.8. The number of fused-ring (bicyclic) bond motifs is 3. The van der Waals surface area contributed by atoms with Gasteiger partial charge in [-0.25, -0.2) is 14.4 Å². The molecule has 2 aromatic carbocycles. The Morgan fingerprint density at radius 2 is 2.08 bits per heavy atom. The molecule has 0 atom stereocenters. The molecule has 0 fully saturated rings. The summed E-state index contributed by atoms with van der Waals surface area (Å²) in [6.07, 6.45) is 0. The van der Waals surface area contributed by atoms with Crippen molar-refractivity contribution in [3.63, 3.8) is 0 Å². The summed E-state index contributed by atoms with van der Waals surface area (Å²) in [6, 6.07) is 12.4. The maximum absolute atomic E-state index is 12.1. The number of rotatable bonds is 2. The van der Waals surface area contributed by atoms with Crippen molar-refractivity contribution in [1.82, 2.24) is 19.6 Å². The van der Waals surface area contributed by atoms with E-state index in [0.29, 0.717) is 28.1 Å². The molecule has 0 radical (unpaired) electrons. The van der Waals surface area contributed by atoms with Crippen LogP contribution in [0.5, 0.6) is 0 Å². The number of nitrogens with one attached hydrogen (secondary N) is 1. The van der Waals surface area contributed by atoms with Crippen molar-refractivity contribution in [1.29, 1.82) is 0 Å². The molecule has 2 heterocycles. The van der Waals surface area contributed by atoms with E-state index in [1.165, 1.54) is 11.8 Å². The molecule has 4 aromatic rings. The lowest BCUT2D eigenvalue weighted by molar-refractivity contribution is -0.115. The fraction of sp³-hybridized carbons (Fsp3) is 0.0625. The molecule has 2 aromatic heterocycles. The van der Waals surface area contributed by atoms with Gasteiger partial charge < -0.3 is 5.73 Å². The van der Waals surface area contributed by atoms with Crippen LogP contribution in [0.2, 0.25) is 5.02 Å². The minimum atomic E-state index is -0.190. The highest BCUT2D eigenvalue weighted by Gasteiger charge is 2.20. The lowest BCUT2D eigenvalue weighted by Gasteiger charge is -2.18. The molecule has 24 heavy (non-hydrogen) atoms. The first-order valence-corrected chi connectivity index (χ1v) is 7.61. The minimum Gasteiger partial charge on any atom is -0.399 e. The molecule has 0 bridgehead atoms. The Bertz CT molecular complexity index is 1080. The van der Waals surface area contributed by atoms with Gasteiger partial charge in [-0.3, -0.25) is 9.89 Å². The molecule has 120 valence electrons. The molecule has 0 unspecified atom stereocenters. The quantitative estimate of drug-likeness (QED) is 0.548. The highest BCUT2D eigenvalue weighted by atomic mass is 35.5. The second kappa shape index (κ2) is 5.24. The molecule has 0 aliphatic rings. The van der Waals surface area contributed by atoms with Crippen LogP contribution in [0.1, 0.15) is 6.92 Å². The molecule has 8 heteroatoms. The van der Waals surface area contributed by atoms with Crippen LogP contribution in [0.3, 0.4) is 0 Å². The Labute approximate surface area is 141 Å². The van der Waals surface area contributed by atoms with Gasteiger partial charge in [-0.15, -0.1) is 0 Å². The van der Waals surface area contributed by atoms with Gasteiger partial charge in [0.05, 0.1) is 16.7 Å². The largest absolute Gasteiger partial charge is 0.399 e. The summed E-state index contributed by atoms with van der Waals surface area (Å²) in [6.45, 7) is 1.46. The first-order chi connectivity index (χ1) is 11.5. The normalized spacial score (nSPS) is 11.2. The third kappa shape index (κ3) is 2.26. The standard InChI is InChI=1S/C16H13ClN6O/c1-9(24)22(12-4-2-3-11(18)8-12)16-20-15-19-13-7-10(17)5-6-14(13)23(15)21-16/h2-8H,18H2,1H3,(H,19,20,21). The van der Waals surface area contributed by atoms with Gasteiger partial charge in [-0.05, 0) is 36.4 Å². The van der Waals surface area contributed by atoms with Crippen LogP contribution in [-0.4, -0.2) is 25.5 Å². The number of carbonyl (C=O) groups is 1. The summed E-state index contributed by atoms with van der Waals surface area (Å²) in [7, 11) is 0. The van der Waals surface area contributed by atoms with E-state index in [2.05, 4.69) is 15.1 Å². The van der Waals surface area contributed by atoms with Crippen LogP contribution in [0, 0.1) is 0 Å². The molecular weight excluding hydrogens is 328 g/mol. The number of nitrogens with zero attached hydrogens (tertiary/aromatic N) is 4. The topological polar surface area (TPSA) is 92.3 Å². The molecule has 7 nitrogen and oxygen atoms in total. The number of aromatic nitrogens is 4. The van der Waals surface area contributed by atoms with Crippen LogP contribution in [-0.2, 0) is 4.79 Å². The summed E-state index contributed by atoms with van der Waals surface area (Å²) >= 11 is 5.99. The predicted molar refractivity (Wildman–Crippen MR) is 93.5 cm³/mol. The smallest absolute Gasteiger partial charge is 0.253 e. The Morgan fingerprint density at radius 1 is 1.25 bits per heavy atom. The third-order valence-corrected chi connectivity index (χ3v) is 3.91. The van der Waals surface area contributed by atoms with E-state index in [1.807, 2.05) is 6.07 Å². The van der Waals surface area contributed by atoms with Crippen molar-refractivity contribution in [3.8, 4) is 0 Å². The van der Waals surface area contributed by atoms with Crippen molar-refractivity contribution in [2.24, 2.45) is 0 Å². The van der Waals surface area contributed by atoms with Crippen molar-refractivity contribution >= 4 is 51.6 Å². The van der Waals surface area contributed by atoms with Crippen LogP contribution in [0.4, 0.5) is 17.3 Å². The van der Waals surface area contributed by atoms with E-state index in [0.717, 1.165) is 11.0 Å². The van der Waals surface area contributed by atoms with E-state index >= 15 is 0 Å². The number of carbonyl (C=O) groups excluding carboxylic acids is 1. The average Bonchev–Trinajstić information content (AvgIpc) is 3.04. The lowest BCUT2D eigenvalue weighted by atomic mass is 10.2. The van der Waals surface area contributed by atoms with E-state index in [4.69, 9.17) is 17.3 Å². The van der Waals surface area contributed by atoms with Gasteiger partial charge in [-0.2, -0.15) is 4.98 Å². The number of nitrogen functional groups attached to an aromatic ring is 1. The van der Waals surface area contributed by atoms with Crippen molar-refractivity contribution in [2.45, 2.75) is 6.92 Å². The summed E-state index contributed by atoms with van der Waals surface area (Å²) in [4.78, 5) is 22.4. The van der Waals surface area contributed by atoms with E-state index in [1.54, 1.807) is 40.9 Å². The second-order valence-electron chi connectivity index (χ2n) is 5.38. The Hall–Kier alpha value is -3.06. The van der Waals surface area contributed by atoms with Gasteiger partial charge in [0.15, 0.2) is 0 Å². The summed E-state index contributed by atoms with van der Waals surface area (Å²) < 4.78 is 1.71. The van der Waals surface area contributed by atoms with E-state index in [-0.39, 0.29) is 5.91 Å². The van der Waals surface area contributed by atoms with Crippen molar-refractivity contribution in [3.05, 3.63) is 47.5 Å². The number of aromatic amines is 1.